The van der Waals surface area contributed by atoms with Gasteiger partial charge in [-0.25, -0.2) is 9.18 Å². The van der Waals surface area contributed by atoms with Crippen molar-refractivity contribution in [3.63, 3.8) is 0 Å². The summed E-state index contributed by atoms with van der Waals surface area (Å²) in [5.74, 6) is -1.05. The highest BCUT2D eigenvalue weighted by atomic mass is 79.9. The number of nitrogens with zero attached hydrogens (tertiary/aromatic N) is 2. The summed E-state index contributed by atoms with van der Waals surface area (Å²) in [4.78, 5) is 11.4. The lowest BCUT2D eigenvalue weighted by Crippen LogP contribution is -2.07. The Morgan fingerprint density at radius 1 is 1.52 bits per heavy atom. The zero-order valence-electron chi connectivity index (χ0n) is 11.4. The number of carbonyl (C=O) groups is 1. The Balaban J connectivity index is 2.11. The van der Waals surface area contributed by atoms with Crippen molar-refractivity contribution in [2.24, 2.45) is 5.92 Å². The minimum Gasteiger partial charge on any atom is -0.478 e. The van der Waals surface area contributed by atoms with Crippen LogP contribution in [0.1, 0.15) is 36.2 Å². The highest BCUT2D eigenvalue weighted by molar-refractivity contribution is 9.10. The van der Waals surface area contributed by atoms with Crippen molar-refractivity contribution in [2.75, 3.05) is 0 Å². The van der Waals surface area contributed by atoms with Gasteiger partial charge < -0.3 is 5.11 Å². The van der Waals surface area contributed by atoms with E-state index in [1.54, 1.807) is 16.8 Å². The molecule has 0 radical (unpaired) electrons. The molecule has 1 fully saturated rings. The summed E-state index contributed by atoms with van der Waals surface area (Å²) in [5.41, 5.74) is 0.400. The van der Waals surface area contributed by atoms with Crippen LogP contribution in [0.5, 0.6) is 0 Å². The number of carboxylic acid groups (broad SMARTS) is 1. The minimum absolute atomic E-state index is 0.0273. The van der Waals surface area contributed by atoms with E-state index < -0.39 is 11.8 Å². The van der Waals surface area contributed by atoms with Gasteiger partial charge in [0.25, 0.3) is 0 Å². The van der Waals surface area contributed by atoms with E-state index in [1.165, 1.54) is 12.3 Å². The molecule has 1 N–H and O–H groups in total. The van der Waals surface area contributed by atoms with Gasteiger partial charge in [-0.1, -0.05) is 15.9 Å². The first-order chi connectivity index (χ1) is 9.97. The molecule has 1 heterocycles. The maximum absolute atomic E-state index is 14.0. The van der Waals surface area contributed by atoms with E-state index in [9.17, 15) is 14.3 Å². The fourth-order valence-corrected chi connectivity index (χ4v) is 2.79. The van der Waals surface area contributed by atoms with E-state index in [4.69, 9.17) is 0 Å². The lowest BCUT2D eigenvalue weighted by Gasteiger charge is -2.10. The third kappa shape index (κ3) is 2.72. The highest BCUT2D eigenvalue weighted by Gasteiger charge is 2.31. The Morgan fingerprint density at radius 3 is 2.86 bits per heavy atom. The largest absolute Gasteiger partial charge is 0.478 e. The van der Waals surface area contributed by atoms with Crippen molar-refractivity contribution in [3.05, 3.63) is 40.2 Å². The standard InChI is InChI=1S/C15H14BrFN2O2/c1-8(9-2-3-9)19-7-12(15(20)21)14(18-19)11-6-10(16)4-5-13(11)17/h4-9H,2-3H2,1H3,(H,20,21). The number of aromatic carboxylic acids is 1. The summed E-state index contributed by atoms with van der Waals surface area (Å²) in [6.45, 7) is 2.01. The Labute approximate surface area is 129 Å². The van der Waals surface area contributed by atoms with Gasteiger partial charge in [-0.2, -0.15) is 5.10 Å². The van der Waals surface area contributed by atoms with Crippen molar-refractivity contribution >= 4 is 21.9 Å². The highest BCUT2D eigenvalue weighted by Crippen LogP contribution is 2.40. The van der Waals surface area contributed by atoms with Crippen molar-refractivity contribution in [3.8, 4) is 11.3 Å². The lowest BCUT2D eigenvalue weighted by molar-refractivity contribution is 0.0697. The van der Waals surface area contributed by atoms with Gasteiger partial charge >= 0.3 is 5.97 Å². The van der Waals surface area contributed by atoms with E-state index in [0.29, 0.717) is 10.4 Å². The molecule has 2 aromatic rings. The molecule has 0 spiro atoms. The molecule has 21 heavy (non-hydrogen) atoms. The zero-order valence-corrected chi connectivity index (χ0v) is 13.0. The molecule has 0 amide bonds. The average molecular weight is 353 g/mol. The van der Waals surface area contributed by atoms with E-state index in [2.05, 4.69) is 21.0 Å². The van der Waals surface area contributed by atoms with Crippen LogP contribution < -0.4 is 0 Å². The molecule has 1 saturated carbocycles. The van der Waals surface area contributed by atoms with Crippen LogP contribution in [0, 0.1) is 11.7 Å². The summed E-state index contributed by atoms with van der Waals surface area (Å²) in [6, 6.07) is 4.56. The molecule has 6 heteroatoms. The average Bonchev–Trinajstić information content (AvgIpc) is 3.19. The minimum atomic E-state index is -1.10. The maximum atomic E-state index is 14.0. The van der Waals surface area contributed by atoms with E-state index in [1.807, 2.05) is 6.92 Å². The van der Waals surface area contributed by atoms with Crippen LogP contribution in [0.15, 0.2) is 28.9 Å². The lowest BCUT2D eigenvalue weighted by atomic mass is 10.1. The topological polar surface area (TPSA) is 55.1 Å². The first-order valence-corrected chi connectivity index (χ1v) is 7.54. The molecule has 1 aromatic heterocycles. The molecule has 3 rings (SSSR count). The number of benzene rings is 1. The number of hydrogen-bond acceptors (Lipinski definition) is 2. The third-order valence-electron chi connectivity index (χ3n) is 3.87. The second kappa shape index (κ2) is 5.26. The molecule has 1 unspecified atom stereocenters. The first kappa shape index (κ1) is 14.3. The van der Waals surface area contributed by atoms with Crippen molar-refractivity contribution in [2.45, 2.75) is 25.8 Å². The van der Waals surface area contributed by atoms with Crippen LogP contribution in [0.25, 0.3) is 11.3 Å². The van der Waals surface area contributed by atoms with Gasteiger partial charge in [0.15, 0.2) is 0 Å². The van der Waals surface area contributed by atoms with E-state index >= 15 is 0 Å². The molecule has 110 valence electrons. The number of aromatic nitrogens is 2. The van der Waals surface area contributed by atoms with Crippen LogP contribution >= 0.6 is 15.9 Å². The number of halogens is 2. The monoisotopic (exact) mass is 352 g/mol. The third-order valence-corrected chi connectivity index (χ3v) is 4.36. The van der Waals surface area contributed by atoms with Crippen LogP contribution in [0.3, 0.4) is 0 Å². The summed E-state index contributed by atoms with van der Waals surface area (Å²) in [5, 5.41) is 13.7. The second-order valence-corrected chi connectivity index (χ2v) is 6.29. The van der Waals surface area contributed by atoms with Crippen molar-refractivity contribution < 1.29 is 14.3 Å². The predicted octanol–water partition coefficient (Wildman–Crippen LogP) is 4.12. The van der Waals surface area contributed by atoms with Crippen molar-refractivity contribution in [1.82, 2.24) is 9.78 Å². The summed E-state index contributed by atoms with van der Waals surface area (Å²) >= 11 is 3.28. The predicted molar refractivity (Wildman–Crippen MR) is 79.7 cm³/mol. The normalized spacial score (nSPS) is 16.0. The number of hydrogen-bond donors (Lipinski definition) is 1. The SMILES string of the molecule is CC(C1CC1)n1cc(C(=O)O)c(-c2cc(Br)ccc2F)n1. The second-order valence-electron chi connectivity index (χ2n) is 5.38. The molecular formula is C15H14BrFN2O2. The molecule has 1 aromatic carbocycles. The van der Waals surface area contributed by atoms with Crippen LogP contribution in [-0.4, -0.2) is 20.9 Å². The van der Waals surface area contributed by atoms with Gasteiger partial charge in [0.2, 0.25) is 0 Å². The van der Waals surface area contributed by atoms with Gasteiger partial charge in [0, 0.05) is 16.2 Å². The maximum Gasteiger partial charge on any atom is 0.339 e. The Kier molecular flexibility index (Phi) is 3.57. The number of carboxylic acids is 1. The molecule has 1 atom stereocenters. The fourth-order valence-electron chi connectivity index (χ4n) is 2.43. The molecule has 0 bridgehead atoms. The smallest absolute Gasteiger partial charge is 0.339 e. The van der Waals surface area contributed by atoms with Gasteiger partial charge in [0.05, 0.1) is 6.04 Å². The molecule has 0 saturated heterocycles. The Hall–Kier alpha value is -1.69. The van der Waals surface area contributed by atoms with Crippen LogP contribution in [0.2, 0.25) is 0 Å². The summed E-state index contributed by atoms with van der Waals surface area (Å²) in [7, 11) is 0. The molecule has 1 aliphatic carbocycles. The fraction of sp³-hybridized carbons (Fsp3) is 0.333. The molecule has 4 nitrogen and oxygen atoms in total. The van der Waals surface area contributed by atoms with Crippen LogP contribution in [0.4, 0.5) is 4.39 Å². The summed E-state index contributed by atoms with van der Waals surface area (Å²) < 4.78 is 16.3. The summed E-state index contributed by atoms with van der Waals surface area (Å²) in [6.07, 6.45) is 3.76. The Bertz CT molecular complexity index is 710. The van der Waals surface area contributed by atoms with Crippen molar-refractivity contribution in [1.29, 1.82) is 0 Å². The quantitative estimate of drug-likeness (QED) is 0.900. The van der Waals surface area contributed by atoms with Gasteiger partial charge in [0.1, 0.15) is 17.1 Å². The van der Waals surface area contributed by atoms with E-state index in [-0.39, 0.29) is 22.9 Å². The zero-order chi connectivity index (χ0) is 15.1. The number of rotatable bonds is 4. The van der Waals surface area contributed by atoms with Gasteiger partial charge in [-0.3, -0.25) is 4.68 Å². The van der Waals surface area contributed by atoms with Crippen LogP contribution in [-0.2, 0) is 0 Å². The molecule has 0 aliphatic heterocycles. The Morgan fingerprint density at radius 2 is 2.24 bits per heavy atom. The van der Waals surface area contributed by atoms with Gasteiger partial charge in [-0.05, 0) is 43.9 Å². The molecular weight excluding hydrogens is 339 g/mol. The van der Waals surface area contributed by atoms with Gasteiger partial charge in [-0.15, -0.1) is 0 Å². The van der Waals surface area contributed by atoms with E-state index in [0.717, 1.165) is 12.8 Å². The first-order valence-electron chi connectivity index (χ1n) is 6.75. The molecule has 1 aliphatic rings.